The Morgan fingerprint density at radius 3 is 2.11 bits per heavy atom. The number of halogens is 4. The van der Waals surface area contributed by atoms with Gasteiger partial charge in [-0.15, -0.1) is 23.1 Å². The van der Waals surface area contributed by atoms with Crippen molar-refractivity contribution >= 4 is 101 Å². The number of rotatable bonds is 30. The number of thioether (sulfide) groups is 1. The minimum atomic E-state index is -6.18. The molecule has 3 saturated heterocycles. The number of aliphatic hydroxyl groups is 1. The minimum absolute atomic E-state index is 0.0409. The number of thiazole rings is 1. The summed E-state index contributed by atoms with van der Waals surface area (Å²) in [6, 6.07) is 30.6. The smallest absolute Gasteiger partial charge is 0.391 e. The zero-order valence-corrected chi connectivity index (χ0v) is 65.2. The van der Waals surface area contributed by atoms with Crippen LogP contribution in [0.1, 0.15) is 152 Å². The van der Waals surface area contributed by atoms with Gasteiger partial charge in [0.2, 0.25) is 23.6 Å². The molecule has 0 saturated carbocycles. The van der Waals surface area contributed by atoms with E-state index in [1.165, 1.54) is 45.5 Å². The van der Waals surface area contributed by atoms with E-state index in [1.54, 1.807) is 29.0 Å². The van der Waals surface area contributed by atoms with Crippen LogP contribution in [0.5, 0.6) is 0 Å². The van der Waals surface area contributed by atoms with Crippen LogP contribution in [-0.2, 0) is 39.0 Å². The lowest BCUT2D eigenvalue weighted by Gasteiger charge is -2.39. The van der Waals surface area contributed by atoms with Crippen molar-refractivity contribution < 1.29 is 59.1 Å². The van der Waals surface area contributed by atoms with Gasteiger partial charge in [-0.1, -0.05) is 119 Å². The van der Waals surface area contributed by atoms with Crippen molar-refractivity contribution in [3.8, 4) is 10.4 Å². The largest absolute Gasteiger partial charge is 0.501 e. The number of carbonyl (C=O) groups excluding carboxylic acids is 5. The Balaban J connectivity index is 0.679. The van der Waals surface area contributed by atoms with Gasteiger partial charge < -0.3 is 41.1 Å². The first-order valence-corrected chi connectivity index (χ1v) is 41.5. The first-order valence-electron chi connectivity index (χ1n) is 36.3. The lowest BCUT2D eigenvalue weighted by atomic mass is 9.73. The third-order valence-electron chi connectivity index (χ3n) is 20.3. The van der Waals surface area contributed by atoms with Crippen molar-refractivity contribution in [3.05, 3.63) is 160 Å². The normalized spacial score (nSPS) is 19.2. The third kappa shape index (κ3) is 21.5. The van der Waals surface area contributed by atoms with Gasteiger partial charge in [-0.2, -0.15) is 13.2 Å². The number of sulfone groups is 1. The highest BCUT2D eigenvalue weighted by molar-refractivity contribution is 7.99. The molecule has 0 unspecified atom stereocenters. The Bertz CT molecular complexity index is 4330. The molecule has 20 nitrogen and oxygen atoms in total. The zero-order valence-electron chi connectivity index (χ0n) is 61.1. The van der Waals surface area contributed by atoms with Crippen molar-refractivity contribution in [1.29, 1.82) is 0 Å². The number of hydrogen-bond donors (Lipinski definition) is 6. The molecule has 4 heterocycles. The summed E-state index contributed by atoms with van der Waals surface area (Å²) in [6.45, 7) is 19.2. The van der Waals surface area contributed by atoms with Crippen molar-refractivity contribution in [3.63, 3.8) is 0 Å². The van der Waals surface area contributed by atoms with Crippen LogP contribution < -0.4 is 30.9 Å². The van der Waals surface area contributed by atoms with Crippen LogP contribution in [0.15, 0.2) is 147 Å². The summed E-state index contributed by atoms with van der Waals surface area (Å²) in [6.07, 6.45) is 5.89. The van der Waals surface area contributed by atoms with E-state index in [1.807, 2.05) is 106 Å². The molecule has 4 aliphatic rings. The second kappa shape index (κ2) is 35.3. The second-order valence-electron chi connectivity index (χ2n) is 30.2. The van der Waals surface area contributed by atoms with Crippen LogP contribution in [0.25, 0.3) is 16.0 Å². The number of nitrogens with zero attached hydrogens (tertiary/aromatic N) is 5. The highest BCUT2D eigenvalue weighted by Gasteiger charge is 2.49. The van der Waals surface area contributed by atoms with Gasteiger partial charge in [0.25, 0.3) is 25.8 Å². The number of likely N-dealkylation sites (tertiary alicyclic amines) is 2. The van der Waals surface area contributed by atoms with Gasteiger partial charge in [0, 0.05) is 117 Å². The molecule has 106 heavy (non-hydrogen) atoms. The van der Waals surface area contributed by atoms with Gasteiger partial charge in [0.15, 0.2) is 0 Å². The lowest BCUT2D eigenvalue weighted by Crippen LogP contribution is -2.57. The van der Waals surface area contributed by atoms with Gasteiger partial charge in [0.1, 0.15) is 17.0 Å². The van der Waals surface area contributed by atoms with E-state index in [-0.39, 0.29) is 60.4 Å². The van der Waals surface area contributed by atoms with Gasteiger partial charge in [-0.05, 0) is 159 Å². The molecule has 572 valence electrons. The Kier molecular flexibility index (Phi) is 27.0. The summed E-state index contributed by atoms with van der Waals surface area (Å²) in [5.41, 5.74) is 2.55. The first-order chi connectivity index (χ1) is 50.2. The van der Waals surface area contributed by atoms with Gasteiger partial charge >= 0.3 is 5.51 Å². The highest BCUT2D eigenvalue weighted by Crippen LogP contribution is 2.44. The van der Waals surface area contributed by atoms with Crippen LogP contribution in [0.3, 0.4) is 0 Å². The number of sulfonamides is 1. The standard InChI is InChI=1S/C78H98ClF3N10O10S4/c1-51(53-19-21-55(22-20-53)71-52(2)83-50-104-71)84-74(97)67-43-62(93)48-92(67)75(98)72(76(3,4)5)87-70(95)18-14-9-8-13-17-69(94)86-59-34-37-89(47-59)38-35-60(49-103-63-15-11-10-12-16-63)85-66-32-31-64(44-68(66)105(99,100)78(80,81)82)106(101,102)88-73(96)56-25-29-61(30-26-56)91-41-39-90(40-42-91)46-57-45-77(6,7)36-33-65(57)54-23-27-58(79)28-24-54/h10-12,15-16,19-32,44,50-51,59-60,62,67,72,85,93H,8-9,13-14,17-18,33-43,45-49H2,1-7H3,(H,84,97)(H,86,94)(H,87,95)(H,88,96)/t51-,59+,60+,62+,67-,72+/m0/s1. The number of allylic oxidation sites excluding steroid dienone is 1. The average molecular weight is 1560 g/mol. The van der Waals surface area contributed by atoms with Gasteiger partial charge in [-0.25, -0.2) is 26.5 Å². The average Bonchev–Trinajstić information content (AvgIpc) is 0.922. The van der Waals surface area contributed by atoms with Crippen LogP contribution in [-0.4, -0.2) is 172 Å². The zero-order chi connectivity index (χ0) is 76.3. The first kappa shape index (κ1) is 81.2. The van der Waals surface area contributed by atoms with Crippen LogP contribution in [0.4, 0.5) is 24.5 Å². The second-order valence-corrected chi connectivity index (χ2v) is 36.2. The molecule has 10 rings (SSSR count). The Morgan fingerprint density at radius 2 is 1.46 bits per heavy atom. The van der Waals surface area contributed by atoms with E-state index in [4.69, 9.17) is 11.6 Å². The number of unbranched alkanes of at least 4 members (excludes halogenated alkanes) is 3. The fourth-order valence-electron chi connectivity index (χ4n) is 14.3. The quantitative estimate of drug-likeness (QED) is 0.0181. The molecule has 6 aromatic rings. The van der Waals surface area contributed by atoms with Crippen LogP contribution in [0, 0.1) is 17.8 Å². The number of nitrogens with one attached hydrogen (secondary N) is 5. The lowest BCUT2D eigenvalue weighted by molar-refractivity contribution is -0.144. The Labute approximate surface area is 634 Å². The molecule has 1 aromatic heterocycles. The van der Waals surface area contributed by atoms with Crippen LogP contribution >= 0.6 is 34.7 Å². The topological polar surface area (TPSA) is 260 Å². The fraction of sp³-hybridized carbons (Fsp3) is 0.487. The number of benzene rings is 5. The molecule has 5 aromatic carbocycles. The Hall–Kier alpha value is -7.37. The number of aliphatic hydroxyl groups excluding tert-OH is 1. The van der Waals surface area contributed by atoms with E-state index >= 15 is 0 Å². The summed E-state index contributed by atoms with van der Waals surface area (Å²) < 4.78 is 100. The molecular weight excluding hydrogens is 1460 g/mol. The maximum absolute atomic E-state index is 14.6. The summed E-state index contributed by atoms with van der Waals surface area (Å²) in [7, 11) is -11.1. The van der Waals surface area contributed by atoms with E-state index in [9.17, 15) is 59.1 Å². The molecule has 6 N–H and O–H groups in total. The number of carbonyl (C=O) groups is 5. The van der Waals surface area contributed by atoms with Gasteiger partial charge in [0.05, 0.1) is 38.8 Å². The molecule has 3 aliphatic heterocycles. The predicted octanol–water partition coefficient (Wildman–Crippen LogP) is 12.8. The van der Waals surface area contributed by atoms with Crippen molar-refractivity contribution in [1.82, 2.24) is 40.4 Å². The van der Waals surface area contributed by atoms with E-state index in [2.05, 4.69) is 66.9 Å². The summed E-state index contributed by atoms with van der Waals surface area (Å²) in [5.74, 6) is -2.13. The molecule has 3 fully saturated rings. The van der Waals surface area contributed by atoms with E-state index in [0.717, 1.165) is 83.3 Å². The number of aryl methyl sites for hydroxylation is 1. The predicted molar refractivity (Wildman–Crippen MR) is 412 cm³/mol. The Morgan fingerprint density at radius 1 is 0.792 bits per heavy atom. The molecular formula is C78H98ClF3N10O10S4. The third-order valence-corrected chi connectivity index (χ3v) is 25.6. The fourth-order valence-corrected chi connectivity index (χ4v) is 18.2. The molecule has 1 aliphatic carbocycles. The van der Waals surface area contributed by atoms with Crippen molar-refractivity contribution in [2.24, 2.45) is 10.8 Å². The number of amides is 5. The number of alkyl halides is 3. The monoisotopic (exact) mass is 1550 g/mol. The molecule has 6 atom stereocenters. The summed E-state index contributed by atoms with van der Waals surface area (Å²) >= 11 is 9.17. The SMILES string of the molecule is Cc1ncsc1-c1ccc([C@H](C)NC(=O)[C@@H]2C[C@@H](O)CN2C(=O)[C@@H](NC(=O)CCCCCCC(=O)N[C@@H]2CCN(CC[C@H](CSc3ccccc3)Nc3ccc(S(=O)(=O)NC(=O)c4ccc(N5CCN(CC6=C(c7ccc(Cl)cc7)CCC(C)(C)C6)CC5)cc4)cc3S(=O)(=O)C(F)(F)F)C2)C(C)(C)C)cc1. The number of anilines is 2. The molecule has 28 heteroatoms. The van der Waals surface area contributed by atoms with Gasteiger partial charge in [-0.3, -0.25) is 28.9 Å². The van der Waals surface area contributed by atoms with E-state index < -0.39 is 94.3 Å². The number of hydrogen-bond acceptors (Lipinski definition) is 17. The minimum Gasteiger partial charge on any atom is -0.391 e. The molecule has 0 radical (unpaired) electrons. The molecule has 5 amide bonds. The number of aromatic nitrogens is 1. The van der Waals surface area contributed by atoms with Crippen LogP contribution in [0.2, 0.25) is 5.02 Å². The summed E-state index contributed by atoms with van der Waals surface area (Å²) in [4.78, 5) is 80.5. The maximum Gasteiger partial charge on any atom is 0.501 e. The van der Waals surface area contributed by atoms with Crippen molar-refractivity contribution in [2.45, 2.75) is 182 Å². The molecule has 0 bridgehead atoms. The summed E-state index contributed by atoms with van der Waals surface area (Å²) in [5, 5.41) is 23.5. The van der Waals surface area contributed by atoms with E-state index in [0.29, 0.717) is 82.3 Å². The number of β-amino-alcohol motifs (C(OH)–C–C–N with tert-alkyl or cyclic N) is 1. The highest BCUT2D eigenvalue weighted by atomic mass is 35.5. The molecule has 0 spiro atoms. The van der Waals surface area contributed by atoms with Crippen molar-refractivity contribution in [2.75, 3.05) is 74.9 Å². The maximum atomic E-state index is 14.6. The number of piperazine rings is 1.